The van der Waals surface area contributed by atoms with Crippen LogP contribution in [0.5, 0.6) is 0 Å². The molecule has 4 nitrogen and oxygen atoms in total. The molecule has 140 valence electrons. The molecule has 1 unspecified atom stereocenters. The predicted molar refractivity (Wildman–Crippen MR) is 103 cm³/mol. The number of carbonyl (C=O) groups excluding carboxylic acids is 1. The van der Waals surface area contributed by atoms with E-state index in [-0.39, 0.29) is 5.91 Å². The summed E-state index contributed by atoms with van der Waals surface area (Å²) >= 11 is 0. The zero-order valence-corrected chi connectivity index (χ0v) is 16.1. The number of ether oxygens (including phenoxy) is 1. The van der Waals surface area contributed by atoms with Gasteiger partial charge in [-0.15, -0.1) is 0 Å². The van der Waals surface area contributed by atoms with E-state index in [9.17, 15) is 4.79 Å². The van der Waals surface area contributed by atoms with E-state index in [1.807, 2.05) is 37.4 Å². The molecule has 1 atom stereocenters. The van der Waals surface area contributed by atoms with Crippen molar-refractivity contribution in [3.8, 4) is 0 Å². The van der Waals surface area contributed by atoms with Crippen molar-refractivity contribution in [3.63, 3.8) is 0 Å². The summed E-state index contributed by atoms with van der Waals surface area (Å²) < 4.78 is 6.07. The van der Waals surface area contributed by atoms with Crippen LogP contribution in [0.2, 0.25) is 0 Å². The molecule has 0 N–H and O–H groups in total. The zero-order valence-electron chi connectivity index (χ0n) is 16.1. The monoisotopic (exact) mass is 346 g/mol. The van der Waals surface area contributed by atoms with Crippen molar-refractivity contribution in [2.45, 2.75) is 45.6 Å². The van der Waals surface area contributed by atoms with E-state index in [2.05, 4.69) is 18.7 Å². The minimum absolute atomic E-state index is 0.0601. The summed E-state index contributed by atoms with van der Waals surface area (Å²) in [5, 5.41) is 0. The Morgan fingerprint density at radius 2 is 2.00 bits per heavy atom. The first-order chi connectivity index (χ1) is 12.1. The highest BCUT2D eigenvalue weighted by atomic mass is 16.5. The number of amides is 1. The molecule has 1 fully saturated rings. The second kappa shape index (κ2) is 10.6. The van der Waals surface area contributed by atoms with Crippen molar-refractivity contribution in [3.05, 3.63) is 35.9 Å². The molecule has 2 rings (SSSR count). The first-order valence-electron chi connectivity index (χ1n) is 9.70. The molecule has 0 aliphatic carbocycles. The summed E-state index contributed by atoms with van der Waals surface area (Å²) in [5.74, 6) is 0.831. The summed E-state index contributed by atoms with van der Waals surface area (Å²) in [5.41, 5.74) is 0.736. The van der Waals surface area contributed by atoms with E-state index < -0.39 is 0 Å². The standard InChI is InChI=1S/C21H34N2O2/c1-18(2)11-14-23-13-7-10-20(12-15-23)25-17-16-22(3)21(24)19-8-5-4-6-9-19/h4-6,8-9,18,20H,7,10-17H2,1-3H3. The maximum absolute atomic E-state index is 12.3. The molecule has 0 radical (unpaired) electrons. The lowest BCUT2D eigenvalue weighted by Gasteiger charge is -2.22. The van der Waals surface area contributed by atoms with Crippen molar-refractivity contribution < 1.29 is 9.53 Å². The van der Waals surface area contributed by atoms with Gasteiger partial charge in [0.1, 0.15) is 0 Å². The molecule has 1 aromatic rings. The van der Waals surface area contributed by atoms with Gasteiger partial charge in [-0.3, -0.25) is 4.79 Å². The van der Waals surface area contributed by atoms with Crippen LogP contribution in [0.4, 0.5) is 0 Å². The molecule has 0 bridgehead atoms. The second-order valence-electron chi connectivity index (χ2n) is 7.54. The maximum Gasteiger partial charge on any atom is 0.253 e. The van der Waals surface area contributed by atoms with Crippen molar-refractivity contribution in [1.82, 2.24) is 9.80 Å². The largest absolute Gasteiger partial charge is 0.376 e. The fraction of sp³-hybridized carbons (Fsp3) is 0.667. The number of benzene rings is 1. The number of likely N-dealkylation sites (tertiary alicyclic amines) is 1. The van der Waals surface area contributed by atoms with E-state index in [4.69, 9.17) is 4.74 Å². The SMILES string of the molecule is CC(C)CCN1CCCC(OCCN(C)C(=O)c2ccccc2)CC1. The molecule has 1 aliphatic heterocycles. The minimum Gasteiger partial charge on any atom is -0.376 e. The maximum atomic E-state index is 12.3. The first kappa shape index (κ1) is 19.9. The van der Waals surface area contributed by atoms with Crippen LogP contribution in [-0.4, -0.2) is 61.6 Å². The molecule has 1 aliphatic rings. The smallest absolute Gasteiger partial charge is 0.253 e. The number of nitrogens with zero attached hydrogens (tertiary/aromatic N) is 2. The van der Waals surface area contributed by atoms with E-state index in [1.54, 1.807) is 4.90 Å². The van der Waals surface area contributed by atoms with Crippen LogP contribution in [0.1, 0.15) is 49.9 Å². The van der Waals surface area contributed by atoms with Crippen LogP contribution in [-0.2, 0) is 4.74 Å². The Morgan fingerprint density at radius 1 is 1.24 bits per heavy atom. The van der Waals surface area contributed by atoms with Gasteiger partial charge in [0, 0.05) is 25.7 Å². The molecule has 0 spiro atoms. The van der Waals surface area contributed by atoms with Gasteiger partial charge >= 0.3 is 0 Å². The molecule has 25 heavy (non-hydrogen) atoms. The Bertz CT molecular complexity index is 504. The second-order valence-corrected chi connectivity index (χ2v) is 7.54. The van der Waals surface area contributed by atoms with Gasteiger partial charge in [0.05, 0.1) is 12.7 Å². The predicted octanol–water partition coefficient (Wildman–Crippen LogP) is 3.68. The van der Waals surface area contributed by atoms with Crippen LogP contribution in [0.3, 0.4) is 0 Å². The van der Waals surface area contributed by atoms with Crippen molar-refractivity contribution in [2.75, 3.05) is 39.8 Å². The van der Waals surface area contributed by atoms with Gasteiger partial charge in [-0.2, -0.15) is 0 Å². The van der Waals surface area contributed by atoms with Gasteiger partial charge in [-0.05, 0) is 56.8 Å². The summed E-state index contributed by atoms with van der Waals surface area (Å²) in [6, 6.07) is 9.44. The summed E-state index contributed by atoms with van der Waals surface area (Å²) in [7, 11) is 1.85. The van der Waals surface area contributed by atoms with Crippen molar-refractivity contribution >= 4 is 5.91 Å². The van der Waals surface area contributed by atoms with Crippen LogP contribution in [0, 0.1) is 5.92 Å². The van der Waals surface area contributed by atoms with Gasteiger partial charge < -0.3 is 14.5 Å². The van der Waals surface area contributed by atoms with E-state index in [0.29, 0.717) is 19.3 Å². The average molecular weight is 347 g/mol. The van der Waals surface area contributed by atoms with Crippen LogP contribution >= 0.6 is 0 Å². The normalized spacial score (nSPS) is 19.0. The third-order valence-corrected chi connectivity index (χ3v) is 4.94. The lowest BCUT2D eigenvalue weighted by atomic mass is 10.1. The summed E-state index contributed by atoms with van der Waals surface area (Å²) in [6.45, 7) is 9.37. The number of rotatable bonds is 8. The number of hydrogen-bond acceptors (Lipinski definition) is 3. The Kier molecular flexibility index (Phi) is 8.42. The number of likely N-dealkylation sites (N-methyl/N-ethyl adjacent to an activating group) is 1. The summed E-state index contributed by atoms with van der Waals surface area (Å²) in [4.78, 5) is 16.6. The highest BCUT2D eigenvalue weighted by Gasteiger charge is 2.18. The van der Waals surface area contributed by atoms with Gasteiger partial charge in [0.15, 0.2) is 0 Å². The molecule has 0 saturated carbocycles. The summed E-state index contributed by atoms with van der Waals surface area (Å²) in [6.07, 6.45) is 5.06. The van der Waals surface area contributed by atoms with E-state index in [0.717, 1.165) is 30.9 Å². The lowest BCUT2D eigenvalue weighted by Crippen LogP contribution is -2.31. The Balaban J connectivity index is 1.67. The third kappa shape index (κ3) is 7.17. The highest BCUT2D eigenvalue weighted by Crippen LogP contribution is 2.15. The fourth-order valence-electron chi connectivity index (χ4n) is 3.22. The zero-order chi connectivity index (χ0) is 18.1. The van der Waals surface area contributed by atoms with E-state index >= 15 is 0 Å². The van der Waals surface area contributed by atoms with Gasteiger partial charge in [0.25, 0.3) is 5.91 Å². The van der Waals surface area contributed by atoms with Crippen LogP contribution in [0.15, 0.2) is 30.3 Å². The first-order valence-corrected chi connectivity index (χ1v) is 9.70. The molecular formula is C21H34N2O2. The average Bonchev–Trinajstić information content (AvgIpc) is 2.85. The van der Waals surface area contributed by atoms with Crippen molar-refractivity contribution in [1.29, 1.82) is 0 Å². The molecule has 1 saturated heterocycles. The Hall–Kier alpha value is -1.39. The molecule has 0 aromatic heterocycles. The van der Waals surface area contributed by atoms with Crippen LogP contribution in [0.25, 0.3) is 0 Å². The molecular weight excluding hydrogens is 312 g/mol. The highest BCUT2D eigenvalue weighted by molar-refractivity contribution is 5.93. The van der Waals surface area contributed by atoms with Crippen molar-refractivity contribution in [2.24, 2.45) is 5.92 Å². The van der Waals surface area contributed by atoms with Crippen LogP contribution < -0.4 is 0 Å². The Labute approximate surface area is 153 Å². The molecule has 1 heterocycles. The number of carbonyl (C=O) groups is 1. The molecule has 4 heteroatoms. The quantitative estimate of drug-likeness (QED) is 0.720. The molecule has 1 aromatic carbocycles. The third-order valence-electron chi connectivity index (χ3n) is 4.94. The topological polar surface area (TPSA) is 32.8 Å². The van der Waals surface area contributed by atoms with Gasteiger partial charge in [-0.25, -0.2) is 0 Å². The fourth-order valence-corrected chi connectivity index (χ4v) is 3.22. The Morgan fingerprint density at radius 3 is 2.72 bits per heavy atom. The molecule has 1 amide bonds. The number of hydrogen-bond donors (Lipinski definition) is 0. The van der Waals surface area contributed by atoms with Gasteiger partial charge in [0.2, 0.25) is 0 Å². The van der Waals surface area contributed by atoms with E-state index in [1.165, 1.54) is 25.9 Å². The van der Waals surface area contributed by atoms with Gasteiger partial charge in [-0.1, -0.05) is 32.0 Å². The lowest BCUT2D eigenvalue weighted by molar-refractivity contribution is 0.0304. The minimum atomic E-state index is 0.0601.